The van der Waals surface area contributed by atoms with Crippen molar-refractivity contribution < 1.29 is 9.59 Å². The highest BCUT2D eigenvalue weighted by Crippen LogP contribution is 2.12. The van der Waals surface area contributed by atoms with Crippen molar-refractivity contribution in [2.75, 3.05) is 11.9 Å². The standard InChI is InChI=1S/C24H25N3O2/c1-2-18-10-12-21(13-11-18)27-23(28)20-14-16-25-22(17-20)24(29)26-15-6-9-19-7-4-3-5-8-19/h3-5,7-8,10-14,16-17H,2,6,9,15H2,1H3,(H,26,29)(H,27,28). The lowest BCUT2D eigenvalue weighted by atomic mass is 10.1. The van der Waals surface area contributed by atoms with Crippen LogP contribution in [0.4, 0.5) is 5.69 Å². The highest BCUT2D eigenvalue weighted by molar-refractivity contribution is 6.05. The minimum Gasteiger partial charge on any atom is -0.351 e. The van der Waals surface area contributed by atoms with Crippen LogP contribution in [0.15, 0.2) is 72.9 Å². The van der Waals surface area contributed by atoms with E-state index < -0.39 is 0 Å². The van der Waals surface area contributed by atoms with Crippen LogP contribution in [0.3, 0.4) is 0 Å². The Morgan fingerprint density at radius 2 is 1.66 bits per heavy atom. The van der Waals surface area contributed by atoms with Crippen LogP contribution in [0, 0.1) is 0 Å². The van der Waals surface area contributed by atoms with Gasteiger partial charge in [-0.15, -0.1) is 0 Å². The Balaban J connectivity index is 1.53. The lowest BCUT2D eigenvalue weighted by Crippen LogP contribution is -2.26. The second-order valence-electron chi connectivity index (χ2n) is 6.78. The maximum Gasteiger partial charge on any atom is 0.269 e. The largest absolute Gasteiger partial charge is 0.351 e. The van der Waals surface area contributed by atoms with Gasteiger partial charge in [0, 0.05) is 24.0 Å². The SMILES string of the molecule is CCc1ccc(NC(=O)c2ccnc(C(=O)NCCCc3ccccc3)c2)cc1. The number of benzene rings is 2. The van der Waals surface area contributed by atoms with Crippen molar-refractivity contribution in [1.29, 1.82) is 0 Å². The summed E-state index contributed by atoms with van der Waals surface area (Å²) >= 11 is 0. The normalized spacial score (nSPS) is 10.4. The van der Waals surface area contributed by atoms with E-state index in [0.29, 0.717) is 12.1 Å². The predicted molar refractivity (Wildman–Crippen MR) is 115 cm³/mol. The average Bonchev–Trinajstić information content (AvgIpc) is 2.78. The van der Waals surface area contributed by atoms with Crippen LogP contribution in [0.5, 0.6) is 0 Å². The third-order valence-corrected chi connectivity index (χ3v) is 4.65. The number of hydrogen-bond donors (Lipinski definition) is 2. The summed E-state index contributed by atoms with van der Waals surface area (Å²) in [5.74, 6) is -0.546. The van der Waals surface area contributed by atoms with Gasteiger partial charge in [-0.25, -0.2) is 0 Å². The van der Waals surface area contributed by atoms with Crippen LogP contribution in [0.25, 0.3) is 0 Å². The molecule has 0 aliphatic rings. The zero-order valence-electron chi connectivity index (χ0n) is 16.5. The first-order valence-corrected chi connectivity index (χ1v) is 9.84. The molecule has 5 nitrogen and oxygen atoms in total. The fourth-order valence-corrected chi connectivity index (χ4v) is 2.95. The number of rotatable bonds is 8. The summed E-state index contributed by atoms with van der Waals surface area (Å²) in [6.07, 6.45) is 4.16. The number of nitrogens with one attached hydrogen (secondary N) is 2. The van der Waals surface area contributed by atoms with Crippen molar-refractivity contribution in [3.05, 3.63) is 95.3 Å². The number of carbonyl (C=O) groups is 2. The zero-order valence-corrected chi connectivity index (χ0v) is 16.5. The Hall–Kier alpha value is -3.47. The Morgan fingerprint density at radius 1 is 0.897 bits per heavy atom. The molecule has 3 rings (SSSR count). The molecule has 29 heavy (non-hydrogen) atoms. The number of carbonyl (C=O) groups excluding carboxylic acids is 2. The molecule has 0 unspecified atom stereocenters. The quantitative estimate of drug-likeness (QED) is 0.568. The van der Waals surface area contributed by atoms with Crippen LogP contribution < -0.4 is 10.6 Å². The summed E-state index contributed by atoms with van der Waals surface area (Å²) in [6.45, 7) is 2.63. The fraction of sp³-hybridized carbons (Fsp3) is 0.208. The van der Waals surface area contributed by atoms with Crippen molar-refractivity contribution in [3.63, 3.8) is 0 Å². The molecule has 1 heterocycles. The molecule has 2 N–H and O–H groups in total. The van der Waals surface area contributed by atoms with Gasteiger partial charge in [-0.05, 0) is 54.7 Å². The molecule has 148 valence electrons. The number of anilines is 1. The smallest absolute Gasteiger partial charge is 0.269 e. The van der Waals surface area contributed by atoms with Gasteiger partial charge < -0.3 is 10.6 Å². The van der Waals surface area contributed by atoms with Gasteiger partial charge in [0.25, 0.3) is 11.8 Å². The van der Waals surface area contributed by atoms with E-state index in [2.05, 4.69) is 34.7 Å². The Morgan fingerprint density at radius 3 is 2.38 bits per heavy atom. The fourth-order valence-electron chi connectivity index (χ4n) is 2.95. The molecular weight excluding hydrogens is 362 g/mol. The third-order valence-electron chi connectivity index (χ3n) is 4.65. The molecule has 0 aliphatic carbocycles. The summed E-state index contributed by atoms with van der Waals surface area (Å²) in [4.78, 5) is 28.9. The van der Waals surface area contributed by atoms with Gasteiger partial charge in [0.1, 0.15) is 5.69 Å². The lowest BCUT2D eigenvalue weighted by Gasteiger charge is -2.08. The van der Waals surface area contributed by atoms with Crippen LogP contribution in [-0.4, -0.2) is 23.3 Å². The molecule has 3 aromatic rings. The van der Waals surface area contributed by atoms with Crippen LogP contribution >= 0.6 is 0 Å². The predicted octanol–water partition coefficient (Wildman–Crippen LogP) is 4.26. The van der Waals surface area contributed by atoms with E-state index >= 15 is 0 Å². The van der Waals surface area contributed by atoms with Gasteiger partial charge in [0.05, 0.1) is 0 Å². The molecule has 0 saturated carbocycles. The molecule has 1 aromatic heterocycles. The average molecular weight is 387 g/mol. The third kappa shape index (κ3) is 6.01. The summed E-state index contributed by atoms with van der Waals surface area (Å²) < 4.78 is 0. The molecule has 2 aromatic carbocycles. The molecule has 0 radical (unpaired) electrons. The second-order valence-corrected chi connectivity index (χ2v) is 6.78. The van der Waals surface area contributed by atoms with E-state index in [9.17, 15) is 9.59 Å². The molecule has 2 amide bonds. The van der Waals surface area contributed by atoms with E-state index in [0.717, 1.165) is 24.9 Å². The number of pyridine rings is 1. The number of nitrogens with zero attached hydrogens (tertiary/aromatic N) is 1. The highest BCUT2D eigenvalue weighted by Gasteiger charge is 2.12. The van der Waals surface area contributed by atoms with Crippen LogP contribution in [0.2, 0.25) is 0 Å². The van der Waals surface area contributed by atoms with E-state index in [4.69, 9.17) is 0 Å². The van der Waals surface area contributed by atoms with Crippen LogP contribution in [-0.2, 0) is 12.8 Å². The first kappa shape index (κ1) is 20.3. The highest BCUT2D eigenvalue weighted by atomic mass is 16.2. The minimum atomic E-state index is -0.278. The number of amides is 2. The number of hydrogen-bond acceptors (Lipinski definition) is 3. The number of aromatic nitrogens is 1. The van der Waals surface area contributed by atoms with Gasteiger partial charge >= 0.3 is 0 Å². The van der Waals surface area contributed by atoms with Gasteiger partial charge in [-0.3, -0.25) is 14.6 Å². The lowest BCUT2D eigenvalue weighted by molar-refractivity contribution is 0.0948. The van der Waals surface area contributed by atoms with Crippen molar-refractivity contribution in [2.45, 2.75) is 26.2 Å². The Labute approximate surface area is 171 Å². The maximum absolute atomic E-state index is 12.5. The van der Waals surface area contributed by atoms with E-state index in [1.54, 1.807) is 6.07 Å². The van der Waals surface area contributed by atoms with Gasteiger partial charge in [0.15, 0.2) is 0 Å². The van der Waals surface area contributed by atoms with Gasteiger partial charge in [-0.1, -0.05) is 49.4 Å². The van der Waals surface area contributed by atoms with Gasteiger partial charge in [-0.2, -0.15) is 0 Å². The first-order valence-electron chi connectivity index (χ1n) is 9.84. The summed E-state index contributed by atoms with van der Waals surface area (Å²) in [5, 5.41) is 5.71. The summed E-state index contributed by atoms with van der Waals surface area (Å²) in [5.41, 5.74) is 3.80. The van der Waals surface area contributed by atoms with Crippen LogP contribution in [0.1, 0.15) is 45.3 Å². The Kier molecular flexibility index (Phi) is 7.11. The van der Waals surface area contributed by atoms with E-state index in [1.807, 2.05) is 42.5 Å². The molecule has 0 spiro atoms. The molecule has 5 heteroatoms. The summed E-state index contributed by atoms with van der Waals surface area (Å²) in [7, 11) is 0. The molecule has 0 saturated heterocycles. The zero-order chi connectivity index (χ0) is 20.5. The molecule has 0 bridgehead atoms. The van der Waals surface area contributed by atoms with Crippen molar-refractivity contribution >= 4 is 17.5 Å². The molecular formula is C24H25N3O2. The summed E-state index contributed by atoms with van der Waals surface area (Å²) in [6, 6.07) is 21.0. The topological polar surface area (TPSA) is 71.1 Å². The van der Waals surface area contributed by atoms with Crippen molar-refractivity contribution in [2.24, 2.45) is 0 Å². The van der Waals surface area contributed by atoms with Crippen molar-refractivity contribution in [3.8, 4) is 0 Å². The van der Waals surface area contributed by atoms with Gasteiger partial charge in [0.2, 0.25) is 0 Å². The monoisotopic (exact) mass is 387 g/mol. The first-order chi connectivity index (χ1) is 14.2. The maximum atomic E-state index is 12.5. The van der Waals surface area contributed by atoms with Crippen molar-refractivity contribution in [1.82, 2.24) is 10.3 Å². The molecule has 0 fully saturated rings. The molecule has 0 aliphatic heterocycles. The van der Waals surface area contributed by atoms with E-state index in [-0.39, 0.29) is 17.5 Å². The molecule has 0 atom stereocenters. The second kappa shape index (κ2) is 10.2. The Bertz CT molecular complexity index is 953. The minimum absolute atomic E-state index is 0.235. The number of aryl methyl sites for hydroxylation is 2. The van der Waals surface area contributed by atoms with E-state index in [1.165, 1.54) is 23.4 Å².